The van der Waals surface area contributed by atoms with E-state index < -0.39 is 0 Å². The lowest BCUT2D eigenvalue weighted by atomic mass is 9.96. The van der Waals surface area contributed by atoms with E-state index >= 15 is 0 Å². The van der Waals surface area contributed by atoms with E-state index in [1.165, 1.54) is 10.5 Å². The molecule has 1 aliphatic carbocycles. The lowest BCUT2D eigenvalue weighted by Crippen LogP contribution is -2.04. The third-order valence-electron chi connectivity index (χ3n) is 3.75. The van der Waals surface area contributed by atoms with Crippen molar-refractivity contribution >= 4 is 17.5 Å². The fourth-order valence-electron chi connectivity index (χ4n) is 2.76. The standard InChI is InChI=1S/C17H16OS/c1-11-9-13-6-4-8-15(16(13)17(11)18)12-5-3-7-14(10-12)19-2/h3-8,10-11H,9H2,1-2H3. The number of benzene rings is 2. The lowest BCUT2D eigenvalue weighted by Gasteiger charge is -2.09. The van der Waals surface area contributed by atoms with Crippen LogP contribution in [0, 0.1) is 5.92 Å². The van der Waals surface area contributed by atoms with E-state index in [-0.39, 0.29) is 5.92 Å². The van der Waals surface area contributed by atoms with Gasteiger partial charge in [0, 0.05) is 16.4 Å². The molecule has 0 saturated carbocycles. The van der Waals surface area contributed by atoms with Crippen molar-refractivity contribution in [3.05, 3.63) is 53.6 Å². The maximum atomic E-state index is 12.3. The summed E-state index contributed by atoms with van der Waals surface area (Å²) in [5.74, 6) is 0.417. The van der Waals surface area contributed by atoms with Gasteiger partial charge in [0.15, 0.2) is 5.78 Å². The Balaban J connectivity index is 2.17. The number of carbonyl (C=O) groups excluding carboxylic acids is 1. The molecule has 96 valence electrons. The summed E-state index contributed by atoms with van der Waals surface area (Å²) >= 11 is 1.73. The number of hydrogen-bond donors (Lipinski definition) is 0. The van der Waals surface area contributed by atoms with Gasteiger partial charge >= 0.3 is 0 Å². The molecule has 19 heavy (non-hydrogen) atoms. The number of thioether (sulfide) groups is 1. The van der Waals surface area contributed by atoms with Crippen molar-refractivity contribution in [2.75, 3.05) is 6.26 Å². The van der Waals surface area contributed by atoms with Crippen LogP contribution in [0.3, 0.4) is 0 Å². The van der Waals surface area contributed by atoms with Crippen LogP contribution >= 0.6 is 11.8 Å². The van der Waals surface area contributed by atoms with E-state index in [9.17, 15) is 4.79 Å². The summed E-state index contributed by atoms with van der Waals surface area (Å²) in [6.45, 7) is 2.02. The van der Waals surface area contributed by atoms with Crippen molar-refractivity contribution in [3.8, 4) is 11.1 Å². The molecule has 0 saturated heterocycles. The van der Waals surface area contributed by atoms with E-state index in [0.717, 1.165) is 23.1 Å². The second-order valence-corrected chi connectivity index (χ2v) is 5.92. The highest BCUT2D eigenvalue weighted by Gasteiger charge is 2.29. The molecule has 0 aliphatic heterocycles. The molecular weight excluding hydrogens is 252 g/mol. The monoisotopic (exact) mass is 268 g/mol. The zero-order valence-corrected chi connectivity index (χ0v) is 12.0. The molecular formula is C17H16OS. The zero-order valence-electron chi connectivity index (χ0n) is 11.1. The average molecular weight is 268 g/mol. The second-order valence-electron chi connectivity index (χ2n) is 5.04. The Kier molecular flexibility index (Phi) is 3.19. The van der Waals surface area contributed by atoms with E-state index in [1.54, 1.807) is 11.8 Å². The first kappa shape index (κ1) is 12.5. The molecule has 0 fully saturated rings. The van der Waals surface area contributed by atoms with Crippen LogP contribution in [0.1, 0.15) is 22.8 Å². The first-order valence-electron chi connectivity index (χ1n) is 6.51. The van der Waals surface area contributed by atoms with Gasteiger partial charge in [-0.1, -0.05) is 37.3 Å². The minimum Gasteiger partial charge on any atom is -0.294 e. The average Bonchev–Trinajstić information content (AvgIpc) is 2.74. The van der Waals surface area contributed by atoms with Crippen LogP contribution in [-0.4, -0.2) is 12.0 Å². The van der Waals surface area contributed by atoms with Crippen molar-refractivity contribution < 1.29 is 4.79 Å². The number of Topliss-reactive ketones (excluding diaryl/α,β-unsaturated/α-hetero) is 1. The molecule has 0 amide bonds. The molecule has 0 spiro atoms. The number of rotatable bonds is 2. The first-order valence-corrected chi connectivity index (χ1v) is 7.73. The molecule has 1 unspecified atom stereocenters. The van der Waals surface area contributed by atoms with Gasteiger partial charge in [0.1, 0.15) is 0 Å². The lowest BCUT2D eigenvalue weighted by molar-refractivity contribution is 0.0947. The third kappa shape index (κ3) is 2.10. The molecule has 0 heterocycles. The van der Waals surface area contributed by atoms with Gasteiger partial charge in [0.05, 0.1) is 0 Å². The van der Waals surface area contributed by atoms with Gasteiger partial charge in [-0.3, -0.25) is 4.79 Å². The zero-order chi connectivity index (χ0) is 13.4. The van der Waals surface area contributed by atoms with Crippen molar-refractivity contribution in [3.63, 3.8) is 0 Å². The molecule has 1 aliphatic rings. The Morgan fingerprint density at radius 2 is 1.95 bits per heavy atom. The summed E-state index contributed by atoms with van der Waals surface area (Å²) in [6, 6.07) is 14.6. The topological polar surface area (TPSA) is 17.1 Å². The molecule has 2 aromatic rings. The highest BCUT2D eigenvalue weighted by molar-refractivity contribution is 7.98. The molecule has 0 aromatic heterocycles. The quantitative estimate of drug-likeness (QED) is 0.748. The van der Waals surface area contributed by atoms with Crippen molar-refractivity contribution in [1.29, 1.82) is 0 Å². The van der Waals surface area contributed by atoms with Crippen LogP contribution in [0.25, 0.3) is 11.1 Å². The molecule has 2 aromatic carbocycles. The Hall–Kier alpha value is -1.54. The number of hydrogen-bond acceptors (Lipinski definition) is 2. The SMILES string of the molecule is CSc1cccc(-c2cccc3c2C(=O)C(C)C3)c1. The summed E-state index contributed by atoms with van der Waals surface area (Å²) in [4.78, 5) is 13.6. The molecule has 2 heteroatoms. The maximum Gasteiger partial charge on any atom is 0.166 e. The van der Waals surface area contributed by atoms with Crippen molar-refractivity contribution in [1.82, 2.24) is 0 Å². The summed E-state index contributed by atoms with van der Waals surface area (Å²) in [7, 11) is 0. The van der Waals surface area contributed by atoms with Gasteiger partial charge in [-0.05, 0) is 41.5 Å². The molecule has 3 rings (SSSR count). The van der Waals surface area contributed by atoms with Gasteiger partial charge in [-0.15, -0.1) is 11.8 Å². The van der Waals surface area contributed by atoms with E-state index in [4.69, 9.17) is 0 Å². The van der Waals surface area contributed by atoms with E-state index in [1.807, 2.05) is 6.92 Å². The fourth-order valence-corrected chi connectivity index (χ4v) is 3.22. The largest absolute Gasteiger partial charge is 0.294 e. The smallest absolute Gasteiger partial charge is 0.166 e. The molecule has 0 N–H and O–H groups in total. The normalized spacial score (nSPS) is 17.6. The Morgan fingerprint density at radius 1 is 1.16 bits per heavy atom. The van der Waals surface area contributed by atoms with Crippen LogP contribution in [0.2, 0.25) is 0 Å². The number of carbonyl (C=O) groups is 1. The number of fused-ring (bicyclic) bond motifs is 1. The highest BCUT2D eigenvalue weighted by atomic mass is 32.2. The summed E-state index contributed by atoms with van der Waals surface area (Å²) < 4.78 is 0. The minimum atomic E-state index is 0.125. The Labute approximate surface area is 118 Å². The Bertz CT molecular complexity index is 645. The van der Waals surface area contributed by atoms with E-state index in [2.05, 4.69) is 48.7 Å². The fraction of sp³-hybridized carbons (Fsp3) is 0.235. The van der Waals surface area contributed by atoms with Crippen LogP contribution in [0.5, 0.6) is 0 Å². The predicted octanol–water partition coefficient (Wildman–Crippen LogP) is 4.45. The molecule has 0 radical (unpaired) electrons. The second kappa shape index (κ2) is 4.86. The molecule has 1 atom stereocenters. The van der Waals surface area contributed by atoms with Crippen LogP contribution in [-0.2, 0) is 6.42 Å². The predicted molar refractivity (Wildman–Crippen MR) is 80.9 cm³/mol. The van der Waals surface area contributed by atoms with E-state index in [0.29, 0.717) is 5.78 Å². The summed E-state index contributed by atoms with van der Waals surface area (Å²) in [6.07, 6.45) is 2.95. The van der Waals surface area contributed by atoms with Gasteiger partial charge in [-0.25, -0.2) is 0 Å². The molecule has 1 nitrogen and oxygen atoms in total. The van der Waals surface area contributed by atoms with Crippen LogP contribution in [0.15, 0.2) is 47.4 Å². The summed E-state index contributed by atoms with van der Waals surface area (Å²) in [5.41, 5.74) is 4.37. The third-order valence-corrected chi connectivity index (χ3v) is 4.48. The van der Waals surface area contributed by atoms with Crippen LogP contribution < -0.4 is 0 Å². The molecule has 0 bridgehead atoms. The summed E-state index contributed by atoms with van der Waals surface area (Å²) in [5, 5.41) is 0. The maximum absolute atomic E-state index is 12.3. The van der Waals surface area contributed by atoms with Crippen molar-refractivity contribution in [2.45, 2.75) is 18.2 Å². The highest BCUT2D eigenvalue weighted by Crippen LogP contribution is 2.35. The van der Waals surface area contributed by atoms with Gasteiger partial charge in [0.2, 0.25) is 0 Å². The minimum absolute atomic E-state index is 0.125. The van der Waals surface area contributed by atoms with Crippen molar-refractivity contribution in [2.24, 2.45) is 5.92 Å². The van der Waals surface area contributed by atoms with Gasteiger partial charge < -0.3 is 0 Å². The number of ketones is 1. The first-order chi connectivity index (χ1) is 9.20. The van der Waals surface area contributed by atoms with Gasteiger partial charge in [0.25, 0.3) is 0 Å². The van der Waals surface area contributed by atoms with Gasteiger partial charge in [-0.2, -0.15) is 0 Å². The van der Waals surface area contributed by atoms with Crippen LogP contribution in [0.4, 0.5) is 0 Å². The Morgan fingerprint density at radius 3 is 2.74 bits per heavy atom.